The second-order valence-corrected chi connectivity index (χ2v) is 9.58. The zero-order chi connectivity index (χ0) is 23.3. The van der Waals surface area contributed by atoms with E-state index in [0.717, 1.165) is 23.1 Å². The van der Waals surface area contributed by atoms with Gasteiger partial charge in [-0.1, -0.05) is 23.9 Å². The molecule has 34 heavy (non-hydrogen) atoms. The molecule has 172 valence electrons. The average Bonchev–Trinajstić information content (AvgIpc) is 2.86. The minimum absolute atomic E-state index is 0.150. The standard InChI is InChI=1S/C26H21F2N3O2S/c27-21-13-17(16-3-2-9-32-14-16)12-20-23(21)33-22-6-5-15(18-4-1-8-30-24(18)28)11-19(22)26(20)7-10-34-25(29)31-26/h1,3-6,8,11-13H,2,7,9-10,14H2,(H2,29,31)/t26-/m1/s1. The zero-order valence-corrected chi connectivity index (χ0v) is 19.0. The van der Waals surface area contributed by atoms with Crippen molar-refractivity contribution in [3.63, 3.8) is 0 Å². The number of amidine groups is 1. The zero-order valence-electron chi connectivity index (χ0n) is 18.2. The van der Waals surface area contributed by atoms with Gasteiger partial charge in [-0.3, -0.25) is 0 Å². The molecule has 0 fully saturated rings. The maximum atomic E-state index is 15.5. The van der Waals surface area contributed by atoms with E-state index in [2.05, 4.69) is 11.1 Å². The van der Waals surface area contributed by atoms with Crippen molar-refractivity contribution in [2.45, 2.75) is 18.4 Å². The highest BCUT2D eigenvalue weighted by molar-refractivity contribution is 8.13. The third kappa shape index (κ3) is 3.40. The SMILES string of the molecule is NC1=N[C@]2(CCS1)c1cc(-c3cccnc3F)ccc1Oc1c(F)cc(C3=CCCOC3)cc12. The Morgan fingerprint density at radius 3 is 2.74 bits per heavy atom. The van der Waals surface area contributed by atoms with Crippen molar-refractivity contribution < 1.29 is 18.3 Å². The first-order valence-corrected chi connectivity index (χ1v) is 12.1. The molecule has 1 spiro atoms. The number of fused-ring (bicyclic) bond motifs is 4. The highest BCUT2D eigenvalue weighted by Crippen LogP contribution is 2.54. The van der Waals surface area contributed by atoms with Crippen LogP contribution in [0.2, 0.25) is 0 Å². The molecule has 3 aliphatic heterocycles. The molecule has 1 aromatic heterocycles. The molecule has 6 rings (SSSR count). The number of halogens is 2. The summed E-state index contributed by atoms with van der Waals surface area (Å²) in [6.45, 7) is 1.08. The maximum absolute atomic E-state index is 15.5. The number of ether oxygens (including phenoxy) is 2. The topological polar surface area (TPSA) is 69.7 Å². The van der Waals surface area contributed by atoms with Gasteiger partial charge in [0.1, 0.15) is 11.3 Å². The smallest absolute Gasteiger partial charge is 0.220 e. The lowest BCUT2D eigenvalue weighted by molar-refractivity contribution is 0.164. The molecule has 0 radical (unpaired) electrons. The van der Waals surface area contributed by atoms with Crippen LogP contribution in [0.1, 0.15) is 29.5 Å². The number of pyridine rings is 1. The largest absolute Gasteiger partial charge is 0.453 e. The molecule has 2 N–H and O–H groups in total. The van der Waals surface area contributed by atoms with Crippen molar-refractivity contribution in [2.24, 2.45) is 10.7 Å². The number of benzene rings is 2. The highest BCUT2D eigenvalue weighted by atomic mass is 32.2. The second kappa shape index (κ2) is 8.21. The van der Waals surface area contributed by atoms with E-state index in [9.17, 15) is 4.39 Å². The molecule has 3 aliphatic rings. The van der Waals surface area contributed by atoms with Crippen LogP contribution in [0.4, 0.5) is 8.78 Å². The minimum atomic E-state index is -0.945. The summed E-state index contributed by atoms with van der Waals surface area (Å²) in [6, 6.07) is 12.1. The molecule has 5 nitrogen and oxygen atoms in total. The Morgan fingerprint density at radius 2 is 1.94 bits per heavy atom. The Bertz CT molecular complexity index is 1370. The number of nitrogens with zero attached hydrogens (tertiary/aromatic N) is 2. The van der Waals surface area contributed by atoms with Gasteiger partial charge in [-0.05, 0) is 65.9 Å². The number of aromatic nitrogens is 1. The van der Waals surface area contributed by atoms with Crippen molar-refractivity contribution in [2.75, 3.05) is 19.0 Å². The highest BCUT2D eigenvalue weighted by Gasteiger charge is 2.45. The van der Waals surface area contributed by atoms with Gasteiger partial charge in [-0.25, -0.2) is 14.4 Å². The van der Waals surface area contributed by atoms with Crippen molar-refractivity contribution in [1.29, 1.82) is 0 Å². The van der Waals surface area contributed by atoms with Gasteiger partial charge in [0, 0.05) is 28.6 Å². The predicted molar refractivity (Wildman–Crippen MR) is 129 cm³/mol. The number of hydrogen-bond acceptors (Lipinski definition) is 6. The van der Waals surface area contributed by atoms with E-state index in [1.807, 2.05) is 12.1 Å². The summed E-state index contributed by atoms with van der Waals surface area (Å²) in [5, 5.41) is 0.425. The number of thioether (sulfide) groups is 1. The van der Waals surface area contributed by atoms with Crippen LogP contribution in [0.25, 0.3) is 16.7 Å². The lowest BCUT2D eigenvalue weighted by Crippen LogP contribution is -2.36. The molecule has 0 saturated heterocycles. The van der Waals surface area contributed by atoms with Crippen LogP contribution in [-0.4, -0.2) is 29.1 Å². The first-order chi connectivity index (χ1) is 16.5. The lowest BCUT2D eigenvalue weighted by Gasteiger charge is -2.40. The summed E-state index contributed by atoms with van der Waals surface area (Å²) in [6.07, 6.45) is 4.86. The van der Waals surface area contributed by atoms with Gasteiger partial charge in [0.15, 0.2) is 16.7 Å². The van der Waals surface area contributed by atoms with Gasteiger partial charge in [0.05, 0.1) is 13.2 Å². The van der Waals surface area contributed by atoms with Crippen molar-refractivity contribution in [3.05, 3.63) is 83.2 Å². The van der Waals surface area contributed by atoms with Crippen LogP contribution < -0.4 is 10.5 Å². The Balaban J connectivity index is 1.59. The number of hydrogen-bond donors (Lipinski definition) is 1. The fraction of sp³-hybridized carbons (Fsp3) is 0.231. The third-order valence-electron chi connectivity index (χ3n) is 6.49. The van der Waals surface area contributed by atoms with Crippen LogP contribution in [-0.2, 0) is 10.3 Å². The van der Waals surface area contributed by atoms with Gasteiger partial charge in [-0.15, -0.1) is 0 Å². The van der Waals surface area contributed by atoms with Crippen LogP contribution >= 0.6 is 11.8 Å². The first-order valence-electron chi connectivity index (χ1n) is 11.1. The van der Waals surface area contributed by atoms with Crippen LogP contribution in [0.3, 0.4) is 0 Å². The Kier molecular flexibility index (Phi) is 5.15. The van der Waals surface area contributed by atoms with E-state index in [0.29, 0.717) is 53.0 Å². The number of nitrogens with two attached hydrogens (primary N) is 1. The van der Waals surface area contributed by atoms with Crippen molar-refractivity contribution >= 4 is 22.5 Å². The summed E-state index contributed by atoms with van der Waals surface area (Å²) in [4.78, 5) is 8.67. The van der Waals surface area contributed by atoms with E-state index in [4.69, 9.17) is 20.2 Å². The predicted octanol–water partition coefficient (Wildman–Crippen LogP) is 5.63. The normalized spacial score (nSPS) is 21.2. The van der Waals surface area contributed by atoms with E-state index in [1.54, 1.807) is 24.3 Å². The van der Waals surface area contributed by atoms with E-state index in [1.165, 1.54) is 24.0 Å². The molecule has 4 heterocycles. The van der Waals surface area contributed by atoms with Crippen molar-refractivity contribution in [1.82, 2.24) is 4.98 Å². The second-order valence-electron chi connectivity index (χ2n) is 8.47. The van der Waals surface area contributed by atoms with E-state index >= 15 is 4.39 Å². The molecular formula is C26H21F2N3O2S. The van der Waals surface area contributed by atoms with Crippen LogP contribution in [0, 0.1) is 11.8 Å². The molecule has 0 bridgehead atoms. The lowest BCUT2D eigenvalue weighted by atomic mass is 9.76. The monoisotopic (exact) mass is 477 g/mol. The molecule has 1 atom stereocenters. The summed E-state index contributed by atoms with van der Waals surface area (Å²) in [5.74, 6) is 0.317. The summed E-state index contributed by atoms with van der Waals surface area (Å²) >= 11 is 1.47. The van der Waals surface area contributed by atoms with Gasteiger partial charge >= 0.3 is 0 Å². The molecule has 0 unspecified atom stereocenters. The van der Waals surface area contributed by atoms with Gasteiger partial charge < -0.3 is 15.2 Å². The first kappa shape index (κ1) is 21.3. The van der Waals surface area contributed by atoms with Crippen molar-refractivity contribution in [3.8, 4) is 22.6 Å². The summed E-state index contributed by atoms with van der Waals surface area (Å²) < 4.78 is 41.6. The Labute approximate surface area is 199 Å². The summed E-state index contributed by atoms with van der Waals surface area (Å²) in [5.41, 5.74) is 9.32. The van der Waals surface area contributed by atoms with Gasteiger partial charge in [0.2, 0.25) is 5.95 Å². The van der Waals surface area contributed by atoms with Gasteiger partial charge in [0.25, 0.3) is 0 Å². The minimum Gasteiger partial charge on any atom is -0.453 e. The molecular weight excluding hydrogens is 456 g/mol. The molecule has 8 heteroatoms. The molecule has 0 saturated carbocycles. The van der Waals surface area contributed by atoms with Crippen LogP contribution in [0.15, 0.2) is 59.7 Å². The average molecular weight is 478 g/mol. The molecule has 0 aliphatic carbocycles. The fourth-order valence-corrected chi connectivity index (χ4v) is 5.71. The molecule has 0 amide bonds. The fourth-order valence-electron chi connectivity index (χ4n) is 4.88. The molecule has 2 aromatic carbocycles. The van der Waals surface area contributed by atoms with E-state index < -0.39 is 17.3 Å². The Morgan fingerprint density at radius 1 is 1.06 bits per heavy atom. The van der Waals surface area contributed by atoms with Gasteiger partial charge in [-0.2, -0.15) is 4.39 Å². The third-order valence-corrected chi connectivity index (χ3v) is 7.29. The van der Waals surface area contributed by atoms with E-state index in [-0.39, 0.29) is 5.75 Å². The van der Waals surface area contributed by atoms with Crippen LogP contribution in [0.5, 0.6) is 11.5 Å². The number of rotatable bonds is 2. The quantitative estimate of drug-likeness (QED) is 0.485. The Hall–Kier alpha value is -3.23. The number of aliphatic imine (C=N–C) groups is 1. The molecule has 3 aromatic rings. The maximum Gasteiger partial charge on any atom is 0.220 e. The summed E-state index contributed by atoms with van der Waals surface area (Å²) in [7, 11) is 0.